The van der Waals surface area contributed by atoms with Crippen molar-refractivity contribution >= 4 is 5.91 Å². The zero-order valence-electron chi connectivity index (χ0n) is 13.7. The van der Waals surface area contributed by atoms with E-state index in [-0.39, 0.29) is 17.2 Å². The number of amides is 1. The number of piperidine rings is 1. The number of phenols is 1. The second-order valence-corrected chi connectivity index (χ2v) is 6.27. The number of carbonyl (C=O) groups excluding carboxylic acids is 1. The molecule has 8 nitrogen and oxygen atoms in total. The van der Waals surface area contributed by atoms with Crippen LogP contribution in [0.3, 0.4) is 0 Å². The lowest BCUT2D eigenvalue weighted by molar-refractivity contribution is 0.0945. The van der Waals surface area contributed by atoms with E-state index in [1.807, 2.05) is 0 Å². The van der Waals surface area contributed by atoms with Crippen LogP contribution in [-0.2, 0) is 0 Å². The zero-order chi connectivity index (χ0) is 16.9. The molecule has 1 aromatic heterocycles. The van der Waals surface area contributed by atoms with Crippen molar-refractivity contribution in [1.82, 2.24) is 30.4 Å². The van der Waals surface area contributed by atoms with E-state index in [4.69, 9.17) is 0 Å². The molecule has 3 rings (SSSR count). The van der Waals surface area contributed by atoms with Gasteiger partial charge in [0, 0.05) is 19.2 Å². The summed E-state index contributed by atoms with van der Waals surface area (Å²) in [5.41, 5.74) is 0.854. The van der Waals surface area contributed by atoms with Crippen LogP contribution >= 0.6 is 0 Å². The summed E-state index contributed by atoms with van der Waals surface area (Å²) in [6.45, 7) is 2.86. The van der Waals surface area contributed by atoms with Gasteiger partial charge in [-0.25, -0.2) is 4.68 Å². The average Bonchev–Trinajstić information content (AvgIpc) is 3.09. The first-order valence-electron chi connectivity index (χ1n) is 8.16. The smallest absolute Gasteiger partial charge is 0.255 e. The molecule has 1 unspecified atom stereocenters. The maximum Gasteiger partial charge on any atom is 0.255 e. The highest BCUT2D eigenvalue weighted by atomic mass is 16.3. The quantitative estimate of drug-likeness (QED) is 0.843. The lowest BCUT2D eigenvalue weighted by atomic mass is 9.95. The lowest BCUT2D eigenvalue weighted by Crippen LogP contribution is -2.34. The molecule has 2 N–H and O–H groups in total. The maximum absolute atomic E-state index is 12.2. The van der Waals surface area contributed by atoms with E-state index in [0.717, 1.165) is 19.5 Å². The van der Waals surface area contributed by atoms with Crippen molar-refractivity contribution in [2.75, 3.05) is 26.7 Å². The van der Waals surface area contributed by atoms with Crippen molar-refractivity contribution in [3.63, 3.8) is 0 Å². The molecule has 8 heteroatoms. The normalized spacial score (nSPS) is 18.5. The van der Waals surface area contributed by atoms with Gasteiger partial charge < -0.3 is 15.3 Å². The van der Waals surface area contributed by atoms with Gasteiger partial charge in [-0.15, -0.1) is 5.10 Å². The molecule has 1 aromatic carbocycles. The summed E-state index contributed by atoms with van der Waals surface area (Å²) in [4.78, 5) is 14.6. The van der Waals surface area contributed by atoms with Crippen molar-refractivity contribution in [2.24, 2.45) is 5.92 Å². The molecule has 1 aliphatic heterocycles. The number of benzene rings is 1. The van der Waals surface area contributed by atoms with Gasteiger partial charge in [0.1, 0.15) is 12.1 Å². The van der Waals surface area contributed by atoms with Crippen molar-refractivity contribution in [3.8, 4) is 11.4 Å². The van der Waals surface area contributed by atoms with Crippen LogP contribution in [0.5, 0.6) is 5.75 Å². The molecule has 1 atom stereocenters. The predicted molar refractivity (Wildman–Crippen MR) is 88.0 cm³/mol. The number of rotatable bonds is 5. The fraction of sp³-hybridized carbons (Fsp3) is 0.500. The Hall–Kier alpha value is -2.48. The average molecular weight is 330 g/mol. The maximum atomic E-state index is 12.2. The molecule has 0 bridgehead atoms. The van der Waals surface area contributed by atoms with Gasteiger partial charge in [-0.3, -0.25) is 4.79 Å². The molecule has 0 radical (unpaired) electrons. The fourth-order valence-corrected chi connectivity index (χ4v) is 3.13. The summed E-state index contributed by atoms with van der Waals surface area (Å²) in [7, 11) is 2.13. The van der Waals surface area contributed by atoms with Crippen LogP contribution in [0.15, 0.2) is 24.5 Å². The Kier molecular flexibility index (Phi) is 5.05. The molecule has 2 aromatic rings. The Morgan fingerprint density at radius 3 is 3.04 bits per heavy atom. The summed E-state index contributed by atoms with van der Waals surface area (Å²) in [5.74, 6) is 0.276. The predicted octanol–water partition coefficient (Wildman–Crippen LogP) is 0.830. The SMILES string of the molecule is CN1CCCC(CCNC(=O)c2ccc(-n3cnnn3)cc2O)C1. The minimum atomic E-state index is -0.264. The van der Waals surface area contributed by atoms with Gasteiger partial charge in [0.25, 0.3) is 5.91 Å². The van der Waals surface area contributed by atoms with E-state index >= 15 is 0 Å². The van der Waals surface area contributed by atoms with Crippen LogP contribution in [0.2, 0.25) is 0 Å². The van der Waals surface area contributed by atoms with Crippen molar-refractivity contribution in [2.45, 2.75) is 19.3 Å². The second-order valence-electron chi connectivity index (χ2n) is 6.27. The Bertz CT molecular complexity index is 688. The van der Waals surface area contributed by atoms with Crippen LogP contribution in [0, 0.1) is 5.92 Å². The molecule has 1 fully saturated rings. The number of nitrogens with zero attached hydrogens (tertiary/aromatic N) is 5. The second kappa shape index (κ2) is 7.39. The van der Waals surface area contributed by atoms with Crippen LogP contribution in [-0.4, -0.2) is 62.8 Å². The largest absolute Gasteiger partial charge is 0.507 e. The minimum Gasteiger partial charge on any atom is -0.507 e. The number of aromatic nitrogens is 4. The van der Waals surface area contributed by atoms with Gasteiger partial charge >= 0.3 is 0 Å². The molecule has 0 aliphatic carbocycles. The molecule has 0 spiro atoms. The van der Waals surface area contributed by atoms with E-state index < -0.39 is 0 Å². The number of phenolic OH excluding ortho intramolecular Hbond substituents is 1. The monoisotopic (exact) mass is 330 g/mol. The van der Waals surface area contributed by atoms with Crippen LogP contribution in [0.4, 0.5) is 0 Å². The van der Waals surface area contributed by atoms with E-state index in [0.29, 0.717) is 18.2 Å². The number of nitrogens with one attached hydrogen (secondary N) is 1. The number of hydrogen-bond donors (Lipinski definition) is 2. The van der Waals surface area contributed by atoms with Crippen molar-refractivity contribution in [1.29, 1.82) is 0 Å². The van der Waals surface area contributed by atoms with Gasteiger partial charge in [0.05, 0.1) is 11.3 Å². The van der Waals surface area contributed by atoms with Gasteiger partial charge in [-0.05, 0) is 61.3 Å². The fourth-order valence-electron chi connectivity index (χ4n) is 3.13. The molecule has 1 amide bonds. The first-order valence-corrected chi connectivity index (χ1v) is 8.16. The van der Waals surface area contributed by atoms with E-state index in [2.05, 4.69) is 32.8 Å². The number of aromatic hydroxyl groups is 1. The first-order chi connectivity index (χ1) is 11.6. The standard InChI is InChI=1S/C16H22N6O2/c1-21-8-2-3-12(10-21)6-7-17-16(24)14-5-4-13(9-15(14)23)22-11-18-19-20-22/h4-5,9,11-12,23H,2-3,6-8,10H2,1H3,(H,17,24). The summed E-state index contributed by atoms with van der Waals surface area (Å²) in [5, 5.41) is 23.8. The molecule has 0 saturated carbocycles. The highest BCUT2D eigenvalue weighted by molar-refractivity contribution is 5.97. The summed E-state index contributed by atoms with van der Waals surface area (Å²) in [6, 6.07) is 4.75. The van der Waals surface area contributed by atoms with Crippen molar-refractivity contribution < 1.29 is 9.90 Å². The topological polar surface area (TPSA) is 96.2 Å². The number of tetrazole rings is 1. The van der Waals surface area contributed by atoms with Crippen molar-refractivity contribution in [3.05, 3.63) is 30.1 Å². The van der Waals surface area contributed by atoms with Crippen LogP contribution < -0.4 is 5.32 Å². The molecular formula is C16H22N6O2. The Morgan fingerprint density at radius 2 is 2.33 bits per heavy atom. The van der Waals surface area contributed by atoms with Crippen LogP contribution in [0.1, 0.15) is 29.6 Å². The number of carbonyl (C=O) groups is 1. The summed E-state index contributed by atoms with van der Waals surface area (Å²) < 4.78 is 1.42. The van der Waals surface area contributed by atoms with E-state index in [1.54, 1.807) is 12.1 Å². The Balaban J connectivity index is 1.55. The Labute approximate surface area is 140 Å². The number of hydrogen-bond acceptors (Lipinski definition) is 6. The molecule has 128 valence electrons. The summed E-state index contributed by atoms with van der Waals surface area (Å²) >= 11 is 0. The lowest BCUT2D eigenvalue weighted by Gasteiger charge is -2.29. The molecular weight excluding hydrogens is 308 g/mol. The van der Waals surface area contributed by atoms with Gasteiger partial charge in [-0.1, -0.05) is 0 Å². The Morgan fingerprint density at radius 1 is 1.46 bits per heavy atom. The third kappa shape index (κ3) is 3.88. The third-order valence-corrected chi connectivity index (χ3v) is 4.40. The highest BCUT2D eigenvalue weighted by Gasteiger charge is 2.18. The minimum absolute atomic E-state index is 0.0853. The number of likely N-dealkylation sites (tertiary alicyclic amines) is 1. The van der Waals surface area contributed by atoms with E-state index in [9.17, 15) is 9.90 Å². The van der Waals surface area contributed by atoms with Gasteiger partial charge in [-0.2, -0.15) is 0 Å². The molecule has 1 saturated heterocycles. The molecule has 2 heterocycles. The molecule has 1 aliphatic rings. The highest BCUT2D eigenvalue weighted by Crippen LogP contribution is 2.21. The first kappa shape index (κ1) is 16.4. The van der Waals surface area contributed by atoms with Gasteiger partial charge in [0.15, 0.2) is 0 Å². The van der Waals surface area contributed by atoms with Gasteiger partial charge in [0.2, 0.25) is 0 Å². The third-order valence-electron chi connectivity index (χ3n) is 4.40. The summed E-state index contributed by atoms with van der Waals surface area (Å²) in [6.07, 6.45) is 4.82. The van der Waals surface area contributed by atoms with E-state index in [1.165, 1.54) is 29.9 Å². The molecule has 24 heavy (non-hydrogen) atoms. The van der Waals surface area contributed by atoms with Crippen LogP contribution in [0.25, 0.3) is 5.69 Å². The zero-order valence-corrected chi connectivity index (χ0v) is 13.7.